The van der Waals surface area contributed by atoms with Gasteiger partial charge in [0.1, 0.15) is 4.88 Å². The van der Waals surface area contributed by atoms with E-state index >= 15 is 0 Å². The van der Waals surface area contributed by atoms with Gasteiger partial charge in [-0.25, -0.2) is 4.98 Å². The molecule has 0 aliphatic heterocycles. The van der Waals surface area contributed by atoms with Crippen LogP contribution in [0.15, 0.2) is 0 Å². The molecule has 0 radical (unpaired) electrons. The molecule has 6 nitrogen and oxygen atoms in total. The summed E-state index contributed by atoms with van der Waals surface area (Å²) in [6, 6.07) is 0. The number of anilines is 1. The molecule has 1 heterocycles. The summed E-state index contributed by atoms with van der Waals surface area (Å²) >= 11 is 1.14. The number of amides is 2. The minimum absolute atomic E-state index is 0.110. The van der Waals surface area contributed by atoms with Gasteiger partial charge in [0.15, 0.2) is 5.13 Å². The van der Waals surface area contributed by atoms with Gasteiger partial charge in [-0.1, -0.05) is 11.3 Å². The van der Waals surface area contributed by atoms with Gasteiger partial charge in [-0.15, -0.1) is 0 Å². The number of hydrogen-bond donors (Lipinski definition) is 3. The van der Waals surface area contributed by atoms with Crippen molar-refractivity contribution >= 4 is 28.3 Å². The molecule has 0 unspecified atom stereocenters. The maximum Gasteiger partial charge on any atom is 0.263 e. The molecule has 16 heavy (non-hydrogen) atoms. The molecular weight excluding hydrogens is 228 g/mol. The Morgan fingerprint density at radius 2 is 2.19 bits per heavy atom. The summed E-state index contributed by atoms with van der Waals surface area (Å²) in [6.45, 7) is 2.02. The lowest BCUT2D eigenvalue weighted by Gasteiger charge is -2.02. The van der Waals surface area contributed by atoms with Gasteiger partial charge >= 0.3 is 0 Å². The Hall–Kier alpha value is -1.63. The fourth-order valence-electron chi connectivity index (χ4n) is 1.12. The molecule has 0 fully saturated rings. The van der Waals surface area contributed by atoms with Crippen molar-refractivity contribution in [2.45, 2.75) is 13.3 Å². The quantitative estimate of drug-likeness (QED) is 0.686. The van der Waals surface area contributed by atoms with Crippen molar-refractivity contribution in [1.82, 2.24) is 15.6 Å². The van der Waals surface area contributed by atoms with Crippen molar-refractivity contribution in [2.24, 2.45) is 0 Å². The first kappa shape index (κ1) is 12.4. The van der Waals surface area contributed by atoms with Crippen LogP contribution in [-0.4, -0.2) is 30.4 Å². The van der Waals surface area contributed by atoms with Crippen LogP contribution in [0.4, 0.5) is 5.13 Å². The Morgan fingerprint density at radius 1 is 1.50 bits per heavy atom. The lowest BCUT2D eigenvalue weighted by Crippen LogP contribution is -2.29. The second kappa shape index (κ2) is 5.45. The highest BCUT2D eigenvalue weighted by molar-refractivity contribution is 7.17. The van der Waals surface area contributed by atoms with Crippen molar-refractivity contribution in [1.29, 1.82) is 0 Å². The van der Waals surface area contributed by atoms with Gasteiger partial charge in [0.05, 0.1) is 5.69 Å². The van der Waals surface area contributed by atoms with E-state index in [1.165, 1.54) is 0 Å². The number of nitrogens with two attached hydrogens (primary N) is 1. The number of rotatable bonds is 4. The SMILES string of the molecule is CNC(=O)CCNC(=O)c1sc(N)nc1C. The number of nitrogens with zero attached hydrogens (tertiary/aromatic N) is 1. The summed E-state index contributed by atoms with van der Waals surface area (Å²) in [6.07, 6.45) is 0.259. The zero-order valence-corrected chi connectivity index (χ0v) is 9.98. The smallest absolute Gasteiger partial charge is 0.263 e. The minimum Gasteiger partial charge on any atom is -0.375 e. The van der Waals surface area contributed by atoms with Crippen LogP contribution in [0, 0.1) is 6.92 Å². The first-order chi connectivity index (χ1) is 7.54. The summed E-state index contributed by atoms with van der Waals surface area (Å²) in [7, 11) is 1.55. The number of aryl methyl sites for hydroxylation is 1. The average Bonchev–Trinajstić information content (AvgIpc) is 2.57. The molecule has 7 heteroatoms. The van der Waals surface area contributed by atoms with E-state index in [0.717, 1.165) is 11.3 Å². The molecule has 0 atom stereocenters. The largest absolute Gasteiger partial charge is 0.375 e. The monoisotopic (exact) mass is 242 g/mol. The highest BCUT2D eigenvalue weighted by atomic mass is 32.1. The van der Waals surface area contributed by atoms with Gasteiger partial charge < -0.3 is 16.4 Å². The molecule has 0 saturated carbocycles. The summed E-state index contributed by atoms with van der Waals surface area (Å²) in [4.78, 5) is 27.0. The Bertz CT molecular complexity index is 402. The predicted octanol–water partition coefficient (Wildman–Crippen LogP) is -0.100. The van der Waals surface area contributed by atoms with Crippen LogP contribution in [-0.2, 0) is 4.79 Å². The van der Waals surface area contributed by atoms with Crippen LogP contribution in [0.5, 0.6) is 0 Å². The van der Waals surface area contributed by atoms with Gasteiger partial charge in [0.2, 0.25) is 5.91 Å². The van der Waals surface area contributed by atoms with E-state index < -0.39 is 0 Å². The molecule has 88 valence electrons. The summed E-state index contributed by atoms with van der Waals surface area (Å²) in [5.41, 5.74) is 6.09. The van der Waals surface area contributed by atoms with E-state index in [9.17, 15) is 9.59 Å². The first-order valence-corrected chi connectivity index (χ1v) is 5.58. The van der Waals surface area contributed by atoms with Crippen LogP contribution in [0.3, 0.4) is 0 Å². The summed E-state index contributed by atoms with van der Waals surface area (Å²) in [5.74, 6) is -0.351. The topological polar surface area (TPSA) is 97.1 Å². The number of carbonyl (C=O) groups is 2. The Kier molecular flexibility index (Phi) is 4.24. The van der Waals surface area contributed by atoms with Crippen LogP contribution < -0.4 is 16.4 Å². The minimum atomic E-state index is -0.240. The van der Waals surface area contributed by atoms with Gasteiger partial charge in [0.25, 0.3) is 5.91 Å². The van der Waals surface area contributed by atoms with E-state index in [-0.39, 0.29) is 18.2 Å². The molecule has 1 rings (SSSR count). The molecule has 2 amide bonds. The molecule has 0 bridgehead atoms. The third kappa shape index (κ3) is 3.20. The second-order valence-corrected chi connectivity index (χ2v) is 4.18. The van der Waals surface area contributed by atoms with Gasteiger partial charge in [-0.2, -0.15) is 0 Å². The van der Waals surface area contributed by atoms with Crippen molar-refractivity contribution in [2.75, 3.05) is 19.3 Å². The predicted molar refractivity (Wildman–Crippen MR) is 62.3 cm³/mol. The summed E-state index contributed by atoms with van der Waals surface area (Å²) in [5, 5.41) is 5.48. The van der Waals surface area contributed by atoms with Crippen LogP contribution >= 0.6 is 11.3 Å². The van der Waals surface area contributed by atoms with Crippen molar-refractivity contribution in [3.63, 3.8) is 0 Å². The van der Waals surface area contributed by atoms with E-state index in [2.05, 4.69) is 15.6 Å². The van der Waals surface area contributed by atoms with Crippen LogP contribution in [0.2, 0.25) is 0 Å². The molecule has 4 N–H and O–H groups in total. The van der Waals surface area contributed by atoms with E-state index in [1.54, 1.807) is 14.0 Å². The highest BCUT2D eigenvalue weighted by Gasteiger charge is 2.13. The van der Waals surface area contributed by atoms with Crippen LogP contribution in [0.25, 0.3) is 0 Å². The number of hydrogen-bond acceptors (Lipinski definition) is 5. The fraction of sp³-hybridized carbons (Fsp3) is 0.444. The number of nitrogen functional groups attached to an aromatic ring is 1. The number of carbonyl (C=O) groups excluding carboxylic acids is 2. The lowest BCUT2D eigenvalue weighted by atomic mass is 10.3. The third-order valence-corrected chi connectivity index (χ3v) is 2.92. The Balaban J connectivity index is 2.47. The Labute approximate surface area is 97.2 Å². The lowest BCUT2D eigenvalue weighted by molar-refractivity contribution is -0.120. The number of aromatic nitrogens is 1. The molecule has 0 saturated heterocycles. The van der Waals surface area contributed by atoms with Gasteiger partial charge in [-0.3, -0.25) is 9.59 Å². The van der Waals surface area contributed by atoms with Crippen molar-refractivity contribution < 1.29 is 9.59 Å². The maximum absolute atomic E-state index is 11.6. The zero-order chi connectivity index (χ0) is 12.1. The van der Waals surface area contributed by atoms with E-state index in [4.69, 9.17) is 5.73 Å². The molecule has 0 aromatic carbocycles. The van der Waals surface area contributed by atoms with Crippen molar-refractivity contribution in [3.8, 4) is 0 Å². The van der Waals surface area contributed by atoms with Crippen molar-refractivity contribution in [3.05, 3.63) is 10.6 Å². The van der Waals surface area contributed by atoms with E-state index in [1.807, 2.05) is 0 Å². The van der Waals surface area contributed by atoms with Crippen LogP contribution in [0.1, 0.15) is 21.8 Å². The Morgan fingerprint density at radius 3 is 2.69 bits per heavy atom. The molecular formula is C9H14N4O2S. The fourth-order valence-corrected chi connectivity index (χ4v) is 1.87. The zero-order valence-electron chi connectivity index (χ0n) is 9.16. The third-order valence-electron chi connectivity index (χ3n) is 1.94. The standard InChI is InChI=1S/C9H14N4O2S/c1-5-7(16-9(10)13-5)8(15)12-4-3-6(14)11-2/h3-4H2,1-2H3,(H2,10,13)(H,11,14)(H,12,15). The summed E-state index contributed by atoms with van der Waals surface area (Å²) < 4.78 is 0. The van der Waals surface area contributed by atoms with E-state index in [0.29, 0.717) is 22.2 Å². The maximum atomic E-state index is 11.6. The van der Waals surface area contributed by atoms with Gasteiger partial charge in [0, 0.05) is 20.0 Å². The molecule has 0 aliphatic carbocycles. The normalized spacial score (nSPS) is 9.88. The first-order valence-electron chi connectivity index (χ1n) is 4.76. The highest BCUT2D eigenvalue weighted by Crippen LogP contribution is 2.19. The number of nitrogens with one attached hydrogen (secondary N) is 2. The molecule has 1 aromatic rings. The molecule has 0 spiro atoms. The molecule has 1 aromatic heterocycles. The average molecular weight is 242 g/mol. The second-order valence-electron chi connectivity index (χ2n) is 3.15. The molecule has 0 aliphatic rings. The van der Waals surface area contributed by atoms with Gasteiger partial charge in [-0.05, 0) is 6.92 Å². The number of thiazole rings is 1.